The van der Waals surface area contributed by atoms with Gasteiger partial charge in [0.15, 0.2) is 0 Å². The molecule has 21 heavy (non-hydrogen) atoms. The molecule has 1 N–H and O–H groups in total. The van der Waals surface area contributed by atoms with Gasteiger partial charge in [-0.05, 0) is 37.1 Å². The summed E-state index contributed by atoms with van der Waals surface area (Å²) in [5.74, 6) is 0.0216. The fraction of sp³-hybridized carbons (Fsp3) is 0.375. The quantitative estimate of drug-likeness (QED) is 0.918. The SMILES string of the molecule is CN(C)C(=O)c1ccc(NCc2cncn2C2CC2)cc1. The molecule has 0 unspecified atom stereocenters. The average molecular weight is 284 g/mol. The van der Waals surface area contributed by atoms with Crippen molar-refractivity contribution >= 4 is 11.6 Å². The molecule has 1 heterocycles. The standard InChI is InChI=1S/C16H20N4O/c1-19(2)16(21)12-3-5-13(6-4-12)18-10-15-9-17-11-20(15)14-7-8-14/h3-6,9,11,14,18H,7-8,10H2,1-2H3. The molecule has 0 aliphatic heterocycles. The molecule has 1 fully saturated rings. The van der Waals surface area contributed by atoms with E-state index >= 15 is 0 Å². The first-order chi connectivity index (χ1) is 10.1. The van der Waals surface area contributed by atoms with Gasteiger partial charge in [-0.25, -0.2) is 4.98 Å². The fourth-order valence-electron chi connectivity index (χ4n) is 2.33. The Balaban J connectivity index is 1.63. The van der Waals surface area contributed by atoms with Crippen LogP contribution in [-0.2, 0) is 6.54 Å². The Morgan fingerprint density at radius 2 is 2.05 bits per heavy atom. The molecular formula is C16H20N4O. The second-order valence-electron chi connectivity index (χ2n) is 5.65. The number of rotatable bonds is 5. The second kappa shape index (κ2) is 5.60. The molecule has 1 aromatic heterocycles. The number of nitrogens with one attached hydrogen (secondary N) is 1. The zero-order chi connectivity index (χ0) is 14.8. The van der Waals surface area contributed by atoms with Crippen LogP contribution in [0.4, 0.5) is 5.69 Å². The molecule has 0 saturated heterocycles. The van der Waals surface area contributed by atoms with Crippen LogP contribution in [0.15, 0.2) is 36.8 Å². The van der Waals surface area contributed by atoms with Gasteiger partial charge in [-0.15, -0.1) is 0 Å². The summed E-state index contributed by atoms with van der Waals surface area (Å²) in [5.41, 5.74) is 2.91. The van der Waals surface area contributed by atoms with Crippen LogP contribution < -0.4 is 5.32 Å². The van der Waals surface area contributed by atoms with Gasteiger partial charge in [0.25, 0.3) is 5.91 Å². The van der Waals surface area contributed by atoms with Crippen LogP contribution in [-0.4, -0.2) is 34.5 Å². The van der Waals surface area contributed by atoms with Crippen molar-refractivity contribution in [1.29, 1.82) is 0 Å². The topological polar surface area (TPSA) is 50.2 Å². The normalized spacial score (nSPS) is 14.0. The zero-order valence-electron chi connectivity index (χ0n) is 12.4. The van der Waals surface area contributed by atoms with E-state index in [9.17, 15) is 4.79 Å². The lowest BCUT2D eigenvalue weighted by atomic mass is 10.2. The molecule has 1 aliphatic carbocycles. The number of carbonyl (C=O) groups excluding carboxylic acids is 1. The van der Waals surface area contributed by atoms with Crippen LogP contribution in [0.25, 0.3) is 0 Å². The number of anilines is 1. The number of amides is 1. The summed E-state index contributed by atoms with van der Waals surface area (Å²) >= 11 is 0. The van der Waals surface area contributed by atoms with Crippen LogP contribution in [0.1, 0.15) is 34.9 Å². The average Bonchev–Trinajstić information content (AvgIpc) is 3.23. The third-order valence-corrected chi connectivity index (χ3v) is 3.70. The van der Waals surface area contributed by atoms with Crippen molar-refractivity contribution in [2.75, 3.05) is 19.4 Å². The zero-order valence-corrected chi connectivity index (χ0v) is 12.4. The van der Waals surface area contributed by atoms with Crippen molar-refractivity contribution in [3.63, 3.8) is 0 Å². The van der Waals surface area contributed by atoms with Crippen molar-refractivity contribution < 1.29 is 4.79 Å². The van der Waals surface area contributed by atoms with Gasteiger partial charge in [0.05, 0.1) is 18.6 Å². The predicted molar refractivity (Wildman–Crippen MR) is 82.3 cm³/mol. The highest BCUT2D eigenvalue weighted by atomic mass is 16.2. The largest absolute Gasteiger partial charge is 0.379 e. The Morgan fingerprint density at radius 1 is 1.33 bits per heavy atom. The van der Waals surface area contributed by atoms with Crippen molar-refractivity contribution in [1.82, 2.24) is 14.5 Å². The predicted octanol–water partition coefficient (Wildman–Crippen LogP) is 2.53. The molecule has 1 aromatic carbocycles. The maximum absolute atomic E-state index is 11.8. The van der Waals surface area contributed by atoms with Gasteiger partial charge < -0.3 is 14.8 Å². The molecule has 1 aliphatic rings. The highest BCUT2D eigenvalue weighted by Crippen LogP contribution is 2.35. The Morgan fingerprint density at radius 3 is 2.67 bits per heavy atom. The summed E-state index contributed by atoms with van der Waals surface area (Å²) in [6.07, 6.45) is 6.33. The number of aromatic nitrogens is 2. The minimum absolute atomic E-state index is 0.0216. The summed E-state index contributed by atoms with van der Waals surface area (Å²) in [4.78, 5) is 17.6. The van der Waals surface area contributed by atoms with Gasteiger partial charge in [-0.2, -0.15) is 0 Å². The molecule has 0 atom stereocenters. The number of imidazole rings is 1. The summed E-state index contributed by atoms with van der Waals surface area (Å²) in [6.45, 7) is 0.747. The minimum atomic E-state index is 0.0216. The second-order valence-corrected chi connectivity index (χ2v) is 5.65. The van der Waals surface area contributed by atoms with E-state index in [0.29, 0.717) is 11.6 Å². The van der Waals surface area contributed by atoms with Crippen molar-refractivity contribution in [2.24, 2.45) is 0 Å². The van der Waals surface area contributed by atoms with E-state index in [-0.39, 0.29) is 5.91 Å². The monoisotopic (exact) mass is 284 g/mol. The Kier molecular flexibility index (Phi) is 3.64. The lowest BCUT2D eigenvalue weighted by Crippen LogP contribution is -2.21. The van der Waals surface area contributed by atoms with E-state index in [4.69, 9.17) is 0 Å². The molecule has 1 amide bonds. The summed E-state index contributed by atoms with van der Waals surface area (Å²) in [6, 6.07) is 8.22. The van der Waals surface area contributed by atoms with Crippen LogP contribution in [0.3, 0.4) is 0 Å². The Hall–Kier alpha value is -2.30. The lowest BCUT2D eigenvalue weighted by Gasteiger charge is -2.12. The van der Waals surface area contributed by atoms with Gasteiger partial charge in [0.1, 0.15) is 0 Å². The Labute approximate surface area is 124 Å². The number of nitrogens with zero attached hydrogens (tertiary/aromatic N) is 3. The molecular weight excluding hydrogens is 264 g/mol. The molecule has 110 valence electrons. The first-order valence-electron chi connectivity index (χ1n) is 7.21. The first-order valence-corrected chi connectivity index (χ1v) is 7.21. The van der Waals surface area contributed by atoms with Crippen molar-refractivity contribution in [3.8, 4) is 0 Å². The molecule has 0 radical (unpaired) electrons. The fourth-order valence-corrected chi connectivity index (χ4v) is 2.33. The van der Waals surface area contributed by atoms with Gasteiger partial charge in [0, 0.05) is 37.6 Å². The summed E-state index contributed by atoms with van der Waals surface area (Å²) < 4.78 is 2.25. The van der Waals surface area contributed by atoms with E-state index in [1.165, 1.54) is 18.5 Å². The number of hydrogen-bond donors (Lipinski definition) is 1. The third kappa shape index (κ3) is 3.07. The maximum atomic E-state index is 11.8. The molecule has 5 heteroatoms. The van der Waals surface area contributed by atoms with E-state index in [0.717, 1.165) is 12.2 Å². The van der Waals surface area contributed by atoms with E-state index < -0.39 is 0 Å². The molecule has 0 bridgehead atoms. The molecule has 0 spiro atoms. The summed E-state index contributed by atoms with van der Waals surface area (Å²) in [7, 11) is 3.51. The van der Waals surface area contributed by atoms with Gasteiger partial charge in [-0.1, -0.05) is 0 Å². The lowest BCUT2D eigenvalue weighted by molar-refractivity contribution is 0.0827. The molecule has 5 nitrogen and oxygen atoms in total. The maximum Gasteiger partial charge on any atom is 0.253 e. The third-order valence-electron chi connectivity index (χ3n) is 3.70. The van der Waals surface area contributed by atoms with Crippen LogP contribution in [0, 0.1) is 0 Å². The minimum Gasteiger partial charge on any atom is -0.379 e. The summed E-state index contributed by atoms with van der Waals surface area (Å²) in [5, 5.41) is 3.38. The smallest absolute Gasteiger partial charge is 0.253 e. The van der Waals surface area contributed by atoms with Gasteiger partial charge in [0.2, 0.25) is 0 Å². The highest BCUT2D eigenvalue weighted by Gasteiger charge is 2.24. The van der Waals surface area contributed by atoms with Gasteiger partial charge in [-0.3, -0.25) is 4.79 Å². The first kappa shape index (κ1) is 13.7. The van der Waals surface area contributed by atoms with Crippen LogP contribution in [0.2, 0.25) is 0 Å². The van der Waals surface area contributed by atoms with Crippen LogP contribution >= 0.6 is 0 Å². The van der Waals surface area contributed by atoms with Crippen LogP contribution in [0.5, 0.6) is 0 Å². The molecule has 3 rings (SSSR count). The van der Waals surface area contributed by atoms with Crippen molar-refractivity contribution in [2.45, 2.75) is 25.4 Å². The molecule has 1 saturated carbocycles. The van der Waals surface area contributed by atoms with Crippen molar-refractivity contribution in [3.05, 3.63) is 48.0 Å². The van der Waals surface area contributed by atoms with Gasteiger partial charge >= 0.3 is 0 Å². The Bertz CT molecular complexity index is 626. The van der Waals surface area contributed by atoms with E-state index in [1.54, 1.807) is 19.0 Å². The molecule has 2 aromatic rings. The highest BCUT2D eigenvalue weighted by molar-refractivity contribution is 5.94. The number of benzene rings is 1. The number of hydrogen-bond acceptors (Lipinski definition) is 3. The van der Waals surface area contributed by atoms with E-state index in [1.807, 2.05) is 36.8 Å². The number of carbonyl (C=O) groups is 1. The van der Waals surface area contributed by atoms with E-state index in [2.05, 4.69) is 14.9 Å².